The van der Waals surface area contributed by atoms with Crippen molar-refractivity contribution in [2.75, 3.05) is 14.1 Å². The van der Waals surface area contributed by atoms with Crippen LogP contribution in [0, 0.1) is 0 Å². The molecule has 0 spiro atoms. The monoisotopic (exact) mass is 247 g/mol. The average Bonchev–Trinajstić information content (AvgIpc) is 2.34. The van der Waals surface area contributed by atoms with Crippen molar-refractivity contribution in [1.82, 2.24) is 4.90 Å². The van der Waals surface area contributed by atoms with Crippen LogP contribution in [0.3, 0.4) is 0 Å². The molecule has 18 heavy (non-hydrogen) atoms. The number of ketones is 1. The zero-order chi connectivity index (χ0) is 13.5. The summed E-state index contributed by atoms with van der Waals surface area (Å²) < 4.78 is 5.10. The largest absolute Gasteiger partial charge is 0.457 e. The standard InChI is InChI=1S/C14H17NO3/c1-11(16)13(9-15(2)3)14(17)18-10-12-7-5-4-6-8-12/h4-9H,10H2,1-3H3/b13-9+. The van der Waals surface area contributed by atoms with Gasteiger partial charge >= 0.3 is 5.97 Å². The van der Waals surface area contributed by atoms with Crippen LogP contribution in [-0.2, 0) is 20.9 Å². The van der Waals surface area contributed by atoms with E-state index in [2.05, 4.69) is 0 Å². The maximum absolute atomic E-state index is 11.8. The second-order valence-electron chi connectivity index (χ2n) is 4.12. The third-order valence-corrected chi connectivity index (χ3v) is 2.20. The van der Waals surface area contributed by atoms with E-state index in [0.29, 0.717) is 0 Å². The van der Waals surface area contributed by atoms with E-state index in [9.17, 15) is 9.59 Å². The van der Waals surface area contributed by atoms with Crippen molar-refractivity contribution in [3.63, 3.8) is 0 Å². The molecule has 1 rings (SSSR count). The molecule has 0 fully saturated rings. The number of carbonyl (C=O) groups is 2. The van der Waals surface area contributed by atoms with Gasteiger partial charge in [-0.05, 0) is 12.5 Å². The van der Waals surface area contributed by atoms with Crippen molar-refractivity contribution in [2.24, 2.45) is 0 Å². The minimum atomic E-state index is -0.597. The highest BCUT2D eigenvalue weighted by molar-refractivity contribution is 6.16. The lowest BCUT2D eigenvalue weighted by molar-refractivity contribution is -0.141. The van der Waals surface area contributed by atoms with E-state index in [1.54, 1.807) is 19.0 Å². The molecule has 1 aromatic carbocycles. The Morgan fingerprint density at radius 1 is 1.22 bits per heavy atom. The molecule has 0 N–H and O–H groups in total. The minimum Gasteiger partial charge on any atom is -0.457 e. The van der Waals surface area contributed by atoms with Crippen molar-refractivity contribution >= 4 is 11.8 Å². The summed E-state index contributed by atoms with van der Waals surface area (Å²) in [7, 11) is 3.49. The number of Topliss-reactive ketones (excluding diaryl/α,β-unsaturated/α-hetero) is 1. The number of hydrogen-bond acceptors (Lipinski definition) is 4. The Labute approximate surface area is 107 Å². The maximum atomic E-state index is 11.8. The molecule has 0 saturated heterocycles. The Hall–Kier alpha value is -2.10. The molecular formula is C14H17NO3. The number of ether oxygens (including phenoxy) is 1. The quantitative estimate of drug-likeness (QED) is 0.344. The van der Waals surface area contributed by atoms with E-state index < -0.39 is 5.97 Å². The molecule has 0 radical (unpaired) electrons. The Bertz CT molecular complexity index is 449. The van der Waals surface area contributed by atoms with Gasteiger partial charge in [0, 0.05) is 20.3 Å². The molecule has 0 amide bonds. The first-order valence-electron chi connectivity index (χ1n) is 5.61. The topological polar surface area (TPSA) is 46.6 Å². The lowest BCUT2D eigenvalue weighted by Crippen LogP contribution is -2.17. The molecule has 0 aliphatic rings. The van der Waals surface area contributed by atoms with Crippen molar-refractivity contribution < 1.29 is 14.3 Å². The van der Waals surface area contributed by atoms with E-state index >= 15 is 0 Å². The lowest BCUT2D eigenvalue weighted by Gasteiger charge is -2.09. The average molecular weight is 247 g/mol. The highest BCUT2D eigenvalue weighted by Crippen LogP contribution is 2.06. The molecular weight excluding hydrogens is 230 g/mol. The number of nitrogens with zero attached hydrogens (tertiary/aromatic N) is 1. The van der Waals surface area contributed by atoms with E-state index in [0.717, 1.165) is 5.56 Å². The summed E-state index contributed by atoms with van der Waals surface area (Å²) in [6.45, 7) is 1.51. The fourth-order valence-corrected chi connectivity index (χ4v) is 1.35. The molecule has 0 aliphatic heterocycles. The van der Waals surface area contributed by atoms with Crippen LogP contribution >= 0.6 is 0 Å². The minimum absolute atomic E-state index is 0.0518. The molecule has 0 bridgehead atoms. The Kier molecular flexibility index (Phi) is 5.11. The highest BCUT2D eigenvalue weighted by atomic mass is 16.5. The van der Waals surface area contributed by atoms with E-state index in [-0.39, 0.29) is 18.0 Å². The van der Waals surface area contributed by atoms with Gasteiger partial charge in [-0.3, -0.25) is 4.79 Å². The van der Waals surface area contributed by atoms with Gasteiger partial charge in [-0.25, -0.2) is 4.79 Å². The van der Waals surface area contributed by atoms with Crippen molar-refractivity contribution in [1.29, 1.82) is 0 Å². The molecule has 0 unspecified atom stereocenters. The van der Waals surface area contributed by atoms with Crippen LogP contribution in [0.15, 0.2) is 42.1 Å². The number of esters is 1. The summed E-state index contributed by atoms with van der Waals surface area (Å²) in [6.07, 6.45) is 1.47. The van der Waals surface area contributed by atoms with Gasteiger partial charge in [0.15, 0.2) is 5.78 Å². The predicted octanol–water partition coefficient (Wildman–Crippen LogP) is 1.76. The lowest BCUT2D eigenvalue weighted by atomic mass is 10.2. The normalized spacial score (nSPS) is 10.9. The zero-order valence-corrected chi connectivity index (χ0v) is 10.8. The fraction of sp³-hybridized carbons (Fsp3) is 0.286. The molecule has 0 atom stereocenters. The molecule has 4 heteroatoms. The van der Waals surface area contributed by atoms with Gasteiger partial charge in [0.2, 0.25) is 0 Å². The summed E-state index contributed by atoms with van der Waals surface area (Å²) in [6, 6.07) is 9.33. The van der Waals surface area contributed by atoms with Gasteiger partial charge in [0.1, 0.15) is 12.2 Å². The van der Waals surface area contributed by atoms with Crippen molar-refractivity contribution in [3.8, 4) is 0 Å². The van der Waals surface area contributed by atoms with Crippen LogP contribution < -0.4 is 0 Å². The number of rotatable bonds is 5. The third-order valence-electron chi connectivity index (χ3n) is 2.20. The van der Waals surface area contributed by atoms with E-state index in [4.69, 9.17) is 4.74 Å². The molecule has 96 valence electrons. The maximum Gasteiger partial charge on any atom is 0.343 e. The molecule has 0 aromatic heterocycles. The summed E-state index contributed by atoms with van der Waals surface area (Å²) in [5.74, 6) is -0.901. The van der Waals surface area contributed by atoms with Gasteiger partial charge < -0.3 is 9.64 Å². The Morgan fingerprint density at radius 3 is 2.33 bits per heavy atom. The van der Waals surface area contributed by atoms with Crippen LogP contribution in [0.5, 0.6) is 0 Å². The Balaban J connectivity index is 2.66. The SMILES string of the molecule is CC(=O)/C(=C\N(C)C)C(=O)OCc1ccccc1. The van der Waals surface area contributed by atoms with Crippen LogP contribution in [0.25, 0.3) is 0 Å². The molecule has 4 nitrogen and oxygen atoms in total. The fourth-order valence-electron chi connectivity index (χ4n) is 1.35. The van der Waals surface area contributed by atoms with Gasteiger partial charge in [-0.2, -0.15) is 0 Å². The van der Waals surface area contributed by atoms with Gasteiger partial charge in [0.25, 0.3) is 0 Å². The number of carbonyl (C=O) groups excluding carboxylic acids is 2. The predicted molar refractivity (Wildman–Crippen MR) is 68.7 cm³/mol. The first-order chi connectivity index (χ1) is 8.50. The second kappa shape index (κ2) is 6.59. The second-order valence-corrected chi connectivity index (χ2v) is 4.12. The zero-order valence-electron chi connectivity index (χ0n) is 10.8. The summed E-state index contributed by atoms with van der Waals surface area (Å²) in [5, 5.41) is 0. The Morgan fingerprint density at radius 2 is 1.83 bits per heavy atom. The number of benzene rings is 1. The first-order valence-corrected chi connectivity index (χ1v) is 5.61. The van der Waals surface area contributed by atoms with Crippen molar-refractivity contribution in [2.45, 2.75) is 13.5 Å². The van der Waals surface area contributed by atoms with Crippen molar-refractivity contribution in [3.05, 3.63) is 47.7 Å². The van der Waals surface area contributed by atoms with Crippen LogP contribution in [0.4, 0.5) is 0 Å². The van der Waals surface area contributed by atoms with Gasteiger partial charge in [0.05, 0.1) is 0 Å². The van der Waals surface area contributed by atoms with Crippen LogP contribution in [0.1, 0.15) is 12.5 Å². The number of hydrogen-bond donors (Lipinski definition) is 0. The van der Waals surface area contributed by atoms with Crippen LogP contribution in [0.2, 0.25) is 0 Å². The molecule has 1 aromatic rings. The third kappa shape index (κ3) is 4.41. The summed E-state index contributed by atoms with van der Waals surface area (Å²) in [5.41, 5.74) is 0.939. The van der Waals surface area contributed by atoms with E-state index in [1.165, 1.54) is 13.1 Å². The van der Waals surface area contributed by atoms with E-state index in [1.807, 2.05) is 30.3 Å². The van der Waals surface area contributed by atoms with Crippen LogP contribution in [-0.4, -0.2) is 30.7 Å². The first kappa shape index (κ1) is 14.0. The molecule has 0 aliphatic carbocycles. The summed E-state index contributed by atoms with van der Waals surface area (Å²) in [4.78, 5) is 24.7. The smallest absolute Gasteiger partial charge is 0.343 e. The highest BCUT2D eigenvalue weighted by Gasteiger charge is 2.16. The van der Waals surface area contributed by atoms with Gasteiger partial charge in [-0.1, -0.05) is 30.3 Å². The van der Waals surface area contributed by atoms with Gasteiger partial charge in [-0.15, -0.1) is 0 Å². The summed E-state index contributed by atoms with van der Waals surface area (Å²) >= 11 is 0. The molecule has 0 heterocycles. The molecule has 0 saturated carbocycles.